The highest BCUT2D eigenvalue weighted by Crippen LogP contribution is 2.54. The molecule has 53 heavy (non-hydrogen) atoms. The summed E-state index contributed by atoms with van der Waals surface area (Å²) in [4.78, 5) is 6.92. The molecule has 0 radical (unpaired) electrons. The second kappa shape index (κ2) is 12.9. The van der Waals surface area contributed by atoms with Crippen molar-refractivity contribution in [1.82, 2.24) is 0 Å². The zero-order valence-corrected chi connectivity index (χ0v) is 31.4. The predicted molar refractivity (Wildman–Crippen MR) is 221 cm³/mol. The standard InChI is InChI=1S/C49H48N2OS/c1-31-19-26-45-41(27-31)49-44(16-10-17-46(49)52-45)50(36-21-23-38-37-15-8-9-18-47(37)53-48(38)30-36)35-22-25-43-40(29-35)39-28-33(32-11-4-2-5-12-32)20-24-42(39)51(43)34-13-6-3-7-14-34/h2,4-6,9-13,17-26,28-31,34,37,39,41-42,44-45,47H,3,7-8,14-16,27H2,1H3. The average molecular weight is 713 g/mol. The van der Waals surface area contributed by atoms with E-state index in [1.54, 1.807) is 5.56 Å². The van der Waals surface area contributed by atoms with E-state index in [-0.39, 0.29) is 18.1 Å². The van der Waals surface area contributed by atoms with Crippen molar-refractivity contribution >= 4 is 34.4 Å². The fraction of sp³-hybridized carbons (Fsp3) is 0.347. The van der Waals surface area contributed by atoms with Crippen LogP contribution in [0.2, 0.25) is 0 Å². The molecule has 3 nitrogen and oxygen atoms in total. The van der Waals surface area contributed by atoms with Gasteiger partial charge in [0.1, 0.15) is 11.9 Å². The largest absolute Gasteiger partial charge is 0.486 e. The van der Waals surface area contributed by atoms with Crippen LogP contribution in [0.1, 0.15) is 80.4 Å². The Morgan fingerprint density at radius 2 is 1.68 bits per heavy atom. The summed E-state index contributed by atoms with van der Waals surface area (Å²) in [6.45, 7) is 2.36. The maximum Gasteiger partial charge on any atom is 0.124 e. The van der Waals surface area contributed by atoms with Crippen molar-refractivity contribution in [3.05, 3.63) is 162 Å². The van der Waals surface area contributed by atoms with Gasteiger partial charge in [-0.15, -0.1) is 11.8 Å². The van der Waals surface area contributed by atoms with Crippen molar-refractivity contribution in [3.8, 4) is 0 Å². The van der Waals surface area contributed by atoms with Gasteiger partial charge in [0.25, 0.3) is 0 Å². The maximum absolute atomic E-state index is 6.73. The van der Waals surface area contributed by atoms with Crippen LogP contribution in [0.25, 0.3) is 5.57 Å². The molecule has 5 aliphatic carbocycles. The summed E-state index contributed by atoms with van der Waals surface area (Å²) in [6, 6.07) is 26.8. The third kappa shape index (κ3) is 5.30. The van der Waals surface area contributed by atoms with Crippen LogP contribution >= 0.6 is 11.8 Å². The zero-order valence-electron chi connectivity index (χ0n) is 30.6. The fourth-order valence-corrected chi connectivity index (χ4v) is 12.4. The summed E-state index contributed by atoms with van der Waals surface area (Å²) in [5.41, 5.74) is 11.1. The molecule has 0 fully saturated rings. The van der Waals surface area contributed by atoms with Crippen molar-refractivity contribution in [2.45, 2.75) is 98.1 Å². The molecule has 266 valence electrons. The molecule has 0 spiro atoms. The summed E-state index contributed by atoms with van der Waals surface area (Å²) in [6.07, 6.45) is 34.9. The highest BCUT2D eigenvalue weighted by atomic mass is 32.2. The van der Waals surface area contributed by atoms with Gasteiger partial charge in [-0.1, -0.05) is 98.0 Å². The first-order chi connectivity index (χ1) is 26.2. The number of anilines is 3. The molecule has 0 saturated carbocycles. The summed E-state index contributed by atoms with van der Waals surface area (Å²) in [5, 5.41) is 0.565. The van der Waals surface area contributed by atoms with Crippen LogP contribution < -0.4 is 9.80 Å². The molecule has 3 heterocycles. The highest BCUT2D eigenvalue weighted by molar-refractivity contribution is 8.00. The Morgan fingerprint density at radius 1 is 0.792 bits per heavy atom. The van der Waals surface area contributed by atoms with Gasteiger partial charge in [-0.05, 0) is 116 Å². The van der Waals surface area contributed by atoms with Gasteiger partial charge in [-0.2, -0.15) is 0 Å². The van der Waals surface area contributed by atoms with Crippen molar-refractivity contribution in [2.24, 2.45) is 11.8 Å². The third-order valence-corrected chi connectivity index (χ3v) is 14.7. The van der Waals surface area contributed by atoms with Gasteiger partial charge in [-0.3, -0.25) is 0 Å². The van der Waals surface area contributed by atoms with E-state index in [0.29, 0.717) is 35.1 Å². The van der Waals surface area contributed by atoms with E-state index in [1.165, 1.54) is 76.3 Å². The Bertz CT molecular complexity index is 2170. The molecular weight excluding hydrogens is 665 g/mol. The minimum Gasteiger partial charge on any atom is -0.486 e. The van der Waals surface area contributed by atoms with Crippen LogP contribution in [-0.2, 0) is 4.74 Å². The number of allylic oxidation sites excluding steroid dienone is 6. The molecule has 8 aliphatic rings. The van der Waals surface area contributed by atoms with Crippen LogP contribution in [-0.4, -0.2) is 29.5 Å². The van der Waals surface area contributed by atoms with Crippen molar-refractivity contribution in [3.63, 3.8) is 0 Å². The number of hydrogen-bond acceptors (Lipinski definition) is 4. The molecule has 0 saturated heterocycles. The van der Waals surface area contributed by atoms with Crippen molar-refractivity contribution in [1.29, 1.82) is 0 Å². The lowest BCUT2D eigenvalue weighted by molar-refractivity contribution is 0.146. The summed E-state index contributed by atoms with van der Waals surface area (Å²) >= 11 is 2.08. The minimum atomic E-state index is 0.141. The van der Waals surface area contributed by atoms with E-state index in [9.17, 15) is 0 Å². The Kier molecular flexibility index (Phi) is 7.78. The van der Waals surface area contributed by atoms with E-state index in [2.05, 4.69) is 162 Å². The molecular formula is C49H48N2OS. The first kappa shape index (κ1) is 32.1. The van der Waals surface area contributed by atoms with E-state index < -0.39 is 0 Å². The van der Waals surface area contributed by atoms with Gasteiger partial charge in [0, 0.05) is 56.6 Å². The first-order valence-corrected chi connectivity index (χ1v) is 21.1. The van der Waals surface area contributed by atoms with Gasteiger partial charge in [0.05, 0.1) is 12.1 Å². The predicted octanol–water partition coefficient (Wildman–Crippen LogP) is 12.0. The van der Waals surface area contributed by atoms with E-state index in [4.69, 9.17) is 4.74 Å². The van der Waals surface area contributed by atoms with Crippen LogP contribution in [0.15, 0.2) is 150 Å². The van der Waals surface area contributed by atoms with Gasteiger partial charge >= 0.3 is 0 Å². The molecule has 3 aromatic rings. The van der Waals surface area contributed by atoms with Gasteiger partial charge in [-0.25, -0.2) is 0 Å². The highest BCUT2D eigenvalue weighted by Gasteiger charge is 2.45. The Labute approximate surface area is 319 Å². The van der Waals surface area contributed by atoms with E-state index in [1.807, 2.05) is 0 Å². The second-order valence-corrected chi connectivity index (χ2v) is 17.7. The Balaban J connectivity index is 1.06. The lowest BCUT2D eigenvalue weighted by Gasteiger charge is -2.39. The third-order valence-electron chi connectivity index (χ3n) is 13.3. The number of rotatable bonds is 5. The molecule has 9 unspecified atom stereocenters. The van der Waals surface area contributed by atoms with Crippen LogP contribution in [0.4, 0.5) is 17.1 Å². The normalized spacial score (nSPS) is 32.7. The number of nitrogens with zero attached hydrogens (tertiary/aromatic N) is 2. The average Bonchev–Trinajstić information content (AvgIpc) is 3.87. The number of thioether (sulfide) groups is 1. The fourth-order valence-electron chi connectivity index (χ4n) is 10.9. The maximum atomic E-state index is 6.73. The van der Waals surface area contributed by atoms with Crippen LogP contribution in [0.5, 0.6) is 0 Å². The lowest BCUT2D eigenvalue weighted by Crippen LogP contribution is -2.41. The number of benzene rings is 3. The number of fused-ring (bicyclic) bond motifs is 8. The second-order valence-electron chi connectivity index (χ2n) is 16.5. The molecule has 3 aromatic carbocycles. The smallest absolute Gasteiger partial charge is 0.124 e. The van der Waals surface area contributed by atoms with Gasteiger partial charge < -0.3 is 14.5 Å². The van der Waals surface area contributed by atoms with E-state index >= 15 is 0 Å². The van der Waals surface area contributed by atoms with Crippen molar-refractivity contribution < 1.29 is 4.74 Å². The minimum absolute atomic E-state index is 0.141. The monoisotopic (exact) mass is 712 g/mol. The molecule has 4 heteroatoms. The topological polar surface area (TPSA) is 15.7 Å². The quantitative estimate of drug-likeness (QED) is 0.245. The molecule has 0 aromatic heterocycles. The van der Waals surface area contributed by atoms with Gasteiger partial charge in [0.2, 0.25) is 0 Å². The molecule has 3 aliphatic heterocycles. The number of hydrogen-bond donors (Lipinski definition) is 0. The molecule has 0 bridgehead atoms. The molecule has 0 N–H and O–H groups in total. The number of ether oxygens (including phenoxy) is 1. The Hall–Kier alpha value is -4.41. The van der Waals surface area contributed by atoms with Gasteiger partial charge in [0.15, 0.2) is 0 Å². The van der Waals surface area contributed by atoms with Crippen LogP contribution in [0, 0.1) is 11.8 Å². The van der Waals surface area contributed by atoms with Crippen molar-refractivity contribution in [2.75, 3.05) is 9.80 Å². The Morgan fingerprint density at radius 3 is 2.58 bits per heavy atom. The molecule has 11 rings (SSSR count). The molecule has 0 amide bonds. The van der Waals surface area contributed by atoms with Crippen LogP contribution in [0.3, 0.4) is 0 Å². The summed E-state index contributed by atoms with van der Waals surface area (Å²) in [5.74, 6) is 3.00. The summed E-state index contributed by atoms with van der Waals surface area (Å²) < 4.78 is 6.73. The SMILES string of the molecule is CC1C=CC2OC3=C(C2C1)C(N(c1ccc2c(c1)SC1C=CCCC21)c1ccc2c(c1)C1C=C(c4ccccc4)C=CC1N2C1C=CCCC1)CC=C3. The first-order valence-electron chi connectivity index (χ1n) is 20.2. The lowest BCUT2D eigenvalue weighted by atomic mass is 9.77. The summed E-state index contributed by atoms with van der Waals surface area (Å²) in [7, 11) is 0. The van der Waals surface area contributed by atoms with E-state index in [0.717, 1.165) is 18.6 Å². The zero-order chi connectivity index (χ0) is 35.0. The molecule has 9 atom stereocenters.